The summed E-state index contributed by atoms with van der Waals surface area (Å²) in [5.74, 6) is 0.959. The molecule has 0 radical (unpaired) electrons. The molecule has 190 valence electrons. The second kappa shape index (κ2) is 9.84. The first-order chi connectivity index (χ1) is 16.9. The van der Waals surface area contributed by atoms with Gasteiger partial charge in [0.15, 0.2) is 11.7 Å². The molecule has 0 saturated heterocycles. The van der Waals surface area contributed by atoms with Gasteiger partial charge in [-0.05, 0) is 76.1 Å². The van der Waals surface area contributed by atoms with E-state index in [1.807, 2.05) is 30.3 Å². The fourth-order valence-electron chi connectivity index (χ4n) is 4.95. The van der Waals surface area contributed by atoms with E-state index in [0.717, 1.165) is 16.9 Å². The highest BCUT2D eigenvalue weighted by molar-refractivity contribution is 5.91. The number of furan rings is 1. The Labute approximate surface area is 214 Å². The zero-order chi connectivity index (χ0) is 26.1. The van der Waals surface area contributed by atoms with Crippen LogP contribution in [-0.4, -0.2) is 11.9 Å². The van der Waals surface area contributed by atoms with E-state index in [-0.39, 0.29) is 22.7 Å². The van der Waals surface area contributed by atoms with Crippen molar-refractivity contribution < 1.29 is 9.21 Å². The Morgan fingerprint density at radius 1 is 0.944 bits per heavy atom. The lowest BCUT2D eigenvalue weighted by Gasteiger charge is -2.42. The monoisotopic (exact) mass is 486 g/mol. The minimum Gasteiger partial charge on any atom is -0.456 e. The number of nitrogens with two attached hydrogens (primary N) is 2. The van der Waals surface area contributed by atoms with E-state index in [1.165, 1.54) is 35.1 Å². The van der Waals surface area contributed by atoms with Crippen LogP contribution in [0.2, 0.25) is 0 Å². The van der Waals surface area contributed by atoms with Crippen LogP contribution in [0, 0.1) is 6.92 Å². The van der Waals surface area contributed by atoms with Crippen molar-refractivity contribution in [1.82, 2.24) is 5.32 Å². The van der Waals surface area contributed by atoms with E-state index in [2.05, 4.69) is 57.1 Å². The minimum absolute atomic E-state index is 0.0683. The van der Waals surface area contributed by atoms with Crippen LogP contribution < -0.4 is 16.8 Å². The van der Waals surface area contributed by atoms with Crippen LogP contribution in [-0.2, 0) is 30.3 Å². The normalized spacial score (nSPS) is 15.7. The van der Waals surface area contributed by atoms with Crippen molar-refractivity contribution in [2.24, 2.45) is 16.5 Å². The Bertz CT molecular complexity index is 1280. The maximum Gasteiger partial charge on any atom is 0.287 e. The molecular formula is C30H38N4O2. The van der Waals surface area contributed by atoms with Crippen LogP contribution in [0.15, 0.2) is 57.9 Å². The average Bonchev–Trinajstić information content (AvgIpc) is 3.29. The van der Waals surface area contributed by atoms with Gasteiger partial charge in [0.25, 0.3) is 5.91 Å². The van der Waals surface area contributed by atoms with Crippen LogP contribution in [0.5, 0.6) is 0 Å². The average molecular weight is 487 g/mol. The van der Waals surface area contributed by atoms with Gasteiger partial charge >= 0.3 is 0 Å². The quantitative estimate of drug-likeness (QED) is 0.314. The van der Waals surface area contributed by atoms with Crippen molar-refractivity contribution in [1.29, 1.82) is 0 Å². The molecule has 0 saturated carbocycles. The van der Waals surface area contributed by atoms with Crippen molar-refractivity contribution in [3.05, 3.63) is 93.4 Å². The second-order valence-corrected chi connectivity index (χ2v) is 11.3. The molecule has 6 nitrogen and oxygen atoms in total. The van der Waals surface area contributed by atoms with E-state index in [4.69, 9.17) is 15.9 Å². The van der Waals surface area contributed by atoms with Gasteiger partial charge < -0.3 is 21.2 Å². The Morgan fingerprint density at radius 2 is 1.56 bits per heavy atom. The Morgan fingerprint density at radius 3 is 2.19 bits per heavy atom. The molecular weight excluding hydrogens is 448 g/mol. The van der Waals surface area contributed by atoms with Gasteiger partial charge in [-0.1, -0.05) is 64.1 Å². The summed E-state index contributed by atoms with van der Waals surface area (Å²) in [6.07, 6.45) is 3.05. The second-order valence-electron chi connectivity index (χ2n) is 11.3. The summed E-state index contributed by atoms with van der Waals surface area (Å²) < 4.78 is 5.95. The van der Waals surface area contributed by atoms with Crippen LogP contribution >= 0.6 is 0 Å². The number of rotatable bonds is 7. The van der Waals surface area contributed by atoms with Crippen molar-refractivity contribution in [2.45, 2.75) is 77.8 Å². The lowest BCUT2D eigenvalue weighted by Crippen LogP contribution is -2.34. The molecule has 4 rings (SSSR count). The number of aliphatic imine (C=N–C) groups is 1. The summed E-state index contributed by atoms with van der Waals surface area (Å²) in [4.78, 5) is 16.7. The zero-order valence-corrected chi connectivity index (χ0v) is 22.1. The molecule has 0 fully saturated rings. The molecule has 0 spiro atoms. The summed E-state index contributed by atoms with van der Waals surface area (Å²) in [5, 5.41) is 2.93. The third-order valence-electron chi connectivity index (χ3n) is 7.48. The maximum absolute atomic E-state index is 12.7. The zero-order valence-electron chi connectivity index (χ0n) is 22.1. The molecule has 2 aromatic carbocycles. The molecule has 0 atom stereocenters. The Kier molecular flexibility index (Phi) is 6.98. The van der Waals surface area contributed by atoms with Gasteiger partial charge in [0.05, 0.1) is 6.54 Å². The first kappa shape index (κ1) is 25.5. The highest BCUT2D eigenvalue weighted by atomic mass is 16.3. The molecule has 1 aliphatic carbocycles. The van der Waals surface area contributed by atoms with Gasteiger partial charge in [-0.15, -0.1) is 0 Å². The highest BCUT2D eigenvalue weighted by Gasteiger charge is 2.37. The number of fused-ring (bicyclic) bond motifs is 1. The third-order valence-corrected chi connectivity index (χ3v) is 7.48. The first-order valence-corrected chi connectivity index (χ1v) is 12.6. The van der Waals surface area contributed by atoms with E-state index in [0.29, 0.717) is 25.3 Å². The predicted molar refractivity (Wildman–Crippen MR) is 145 cm³/mol. The molecule has 5 N–H and O–H groups in total. The molecule has 0 aliphatic heterocycles. The number of aryl methyl sites for hydroxylation is 1. The lowest BCUT2D eigenvalue weighted by molar-refractivity contribution is 0.0921. The number of guanidine groups is 1. The van der Waals surface area contributed by atoms with Crippen LogP contribution in [0.3, 0.4) is 0 Å². The summed E-state index contributed by atoms with van der Waals surface area (Å²) in [7, 11) is 0. The number of carbonyl (C=O) groups excluding carboxylic acids is 1. The summed E-state index contributed by atoms with van der Waals surface area (Å²) >= 11 is 0. The summed E-state index contributed by atoms with van der Waals surface area (Å²) in [5.41, 5.74) is 18.5. The van der Waals surface area contributed by atoms with Crippen molar-refractivity contribution in [2.75, 3.05) is 0 Å². The number of nitrogens with zero attached hydrogens (tertiary/aromatic N) is 1. The van der Waals surface area contributed by atoms with Gasteiger partial charge in [-0.25, -0.2) is 4.99 Å². The number of carbonyl (C=O) groups is 1. The summed E-state index contributed by atoms with van der Waals surface area (Å²) in [6, 6.07) is 16.2. The Balaban J connectivity index is 1.42. The molecule has 3 aromatic rings. The molecule has 6 heteroatoms. The predicted octanol–water partition coefficient (Wildman–Crippen LogP) is 5.23. The number of hydrogen-bond donors (Lipinski definition) is 3. The third kappa shape index (κ3) is 5.64. The van der Waals surface area contributed by atoms with Gasteiger partial charge in [-0.3, -0.25) is 4.79 Å². The molecule has 36 heavy (non-hydrogen) atoms. The SMILES string of the molecule is Cc1cc2c(cc1Cc1ccc(C(=O)NCc3ccc(CN=C(N)N)cc3)o1)C(C)(C)CCC2(C)C. The van der Waals surface area contributed by atoms with E-state index < -0.39 is 0 Å². The van der Waals surface area contributed by atoms with E-state index in [9.17, 15) is 4.79 Å². The largest absolute Gasteiger partial charge is 0.456 e. The number of amides is 1. The van der Waals surface area contributed by atoms with Crippen molar-refractivity contribution >= 4 is 11.9 Å². The van der Waals surface area contributed by atoms with Crippen LogP contribution in [0.4, 0.5) is 0 Å². The van der Waals surface area contributed by atoms with E-state index in [1.54, 1.807) is 6.07 Å². The van der Waals surface area contributed by atoms with Gasteiger partial charge in [0, 0.05) is 13.0 Å². The molecule has 1 aliphatic rings. The first-order valence-electron chi connectivity index (χ1n) is 12.6. The van der Waals surface area contributed by atoms with Crippen LogP contribution in [0.1, 0.15) is 90.2 Å². The summed E-state index contributed by atoms with van der Waals surface area (Å²) in [6.45, 7) is 12.4. The molecule has 1 heterocycles. The molecule has 0 bridgehead atoms. The highest BCUT2D eigenvalue weighted by Crippen LogP contribution is 2.46. The molecule has 1 amide bonds. The fraction of sp³-hybridized carbons (Fsp3) is 0.400. The number of benzene rings is 2. The lowest BCUT2D eigenvalue weighted by atomic mass is 9.62. The van der Waals surface area contributed by atoms with Crippen molar-refractivity contribution in [3.8, 4) is 0 Å². The van der Waals surface area contributed by atoms with Crippen LogP contribution in [0.25, 0.3) is 0 Å². The smallest absolute Gasteiger partial charge is 0.287 e. The van der Waals surface area contributed by atoms with Gasteiger partial charge in [0.2, 0.25) is 0 Å². The maximum atomic E-state index is 12.7. The Hall–Kier alpha value is -3.54. The van der Waals surface area contributed by atoms with Crippen molar-refractivity contribution in [3.63, 3.8) is 0 Å². The number of nitrogens with one attached hydrogen (secondary N) is 1. The fourth-order valence-corrected chi connectivity index (χ4v) is 4.95. The topological polar surface area (TPSA) is 107 Å². The van der Waals surface area contributed by atoms with Gasteiger partial charge in [-0.2, -0.15) is 0 Å². The number of hydrogen-bond acceptors (Lipinski definition) is 3. The molecule has 0 unspecified atom stereocenters. The van der Waals surface area contributed by atoms with Gasteiger partial charge in [0.1, 0.15) is 5.76 Å². The molecule has 1 aromatic heterocycles. The minimum atomic E-state index is -0.226. The van der Waals surface area contributed by atoms with E-state index >= 15 is 0 Å². The standard InChI is InChI=1S/C30H38N4O2/c1-19-14-24-25(30(4,5)13-12-29(24,2)3)16-22(19)15-23-10-11-26(36-23)27(35)33-17-20-6-8-21(9-7-20)18-34-28(31)32/h6-11,14,16H,12-13,15,17-18H2,1-5H3,(H,33,35)(H4,31,32,34).